The highest BCUT2D eigenvalue weighted by Gasteiger charge is 2.44. The highest BCUT2D eigenvalue weighted by molar-refractivity contribution is 5.89. The van der Waals surface area contributed by atoms with Gasteiger partial charge in [-0.3, -0.25) is 0 Å². The number of carbonyl (C=O) groups excluding carboxylic acids is 1. The molecular formula is C20H22O8. The van der Waals surface area contributed by atoms with Gasteiger partial charge in [0.05, 0.1) is 5.56 Å². The second-order valence-corrected chi connectivity index (χ2v) is 6.28. The van der Waals surface area contributed by atoms with E-state index in [1.165, 1.54) is 7.11 Å². The Morgan fingerprint density at radius 1 is 0.964 bits per heavy atom. The van der Waals surface area contributed by atoms with E-state index < -0.39 is 36.7 Å². The number of para-hydroxylation sites is 1. The first-order valence-electron chi connectivity index (χ1n) is 8.72. The average molecular weight is 390 g/mol. The molecule has 0 unspecified atom stereocenters. The summed E-state index contributed by atoms with van der Waals surface area (Å²) in [4.78, 5) is 12.2. The minimum Gasteiger partial charge on any atom is -0.459 e. The van der Waals surface area contributed by atoms with E-state index in [0.29, 0.717) is 11.5 Å². The van der Waals surface area contributed by atoms with E-state index in [1.807, 2.05) is 30.3 Å². The number of benzene rings is 2. The Morgan fingerprint density at radius 3 is 2.25 bits per heavy atom. The van der Waals surface area contributed by atoms with Crippen molar-refractivity contribution >= 4 is 5.97 Å². The molecule has 2 aromatic rings. The standard InChI is InChI=1S/C20H22O8/c1-25-18-17(22)16(21)15(28-20(18)24)11-26-19(23)12-7-9-14(10-8-12)27-13-5-3-2-4-6-13/h2-10,15-18,20-22,24H,11H2,1H3/t15-,16-,17+,18-,20-/m1/s1. The van der Waals surface area contributed by atoms with Gasteiger partial charge in [0.15, 0.2) is 6.29 Å². The molecule has 0 aliphatic carbocycles. The summed E-state index contributed by atoms with van der Waals surface area (Å²) in [5, 5.41) is 29.8. The molecule has 1 fully saturated rings. The van der Waals surface area contributed by atoms with Crippen LogP contribution in [-0.4, -0.2) is 65.7 Å². The van der Waals surface area contributed by atoms with E-state index in [2.05, 4.69) is 0 Å². The van der Waals surface area contributed by atoms with Crippen molar-refractivity contribution in [2.45, 2.75) is 30.7 Å². The smallest absolute Gasteiger partial charge is 0.338 e. The van der Waals surface area contributed by atoms with E-state index >= 15 is 0 Å². The van der Waals surface area contributed by atoms with Crippen molar-refractivity contribution in [1.29, 1.82) is 0 Å². The van der Waals surface area contributed by atoms with E-state index in [9.17, 15) is 20.1 Å². The molecule has 1 aliphatic rings. The van der Waals surface area contributed by atoms with Crippen LogP contribution in [0.3, 0.4) is 0 Å². The van der Waals surface area contributed by atoms with Crippen LogP contribution >= 0.6 is 0 Å². The number of rotatable bonds is 6. The van der Waals surface area contributed by atoms with Crippen LogP contribution in [0.1, 0.15) is 10.4 Å². The van der Waals surface area contributed by atoms with Gasteiger partial charge in [0, 0.05) is 7.11 Å². The number of aliphatic hydroxyl groups is 3. The molecule has 8 nitrogen and oxygen atoms in total. The maximum atomic E-state index is 12.2. The first-order chi connectivity index (χ1) is 13.5. The predicted molar refractivity (Wildman–Crippen MR) is 96.9 cm³/mol. The first-order valence-corrected chi connectivity index (χ1v) is 8.72. The first kappa shape index (κ1) is 20.2. The van der Waals surface area contributed by atoms with Crippen LogP contribution in [0.4, 0.5) is 0 Å². The second kappa shape index (κ2) is 9.13. The van der Waals surface area contributed by atoms with Gasteiger partial charge in [0.2, 0.25) is 0 Å². The number of ether oxygens (including phenoxy) is 4. The van der Waals surface area contributed by atoms with E-state index in [-0.39, 0.29) is 12.2 Å². The minimum atomic E-state index is -1.44. The fraction of sp³-hybridized carbons (Fsp3) is 0.350. The maximum absolute atomic E-state index is 12.2. The fourth-order valence-electron chi connectivity index (χ4n) is 2.84. The van der Waals surface area contributed by atoms with Crippen molar-refractivity contribution in [2.75, 3.05) is 13.7 Å². The summed E-state index contributed by atoms with van der Waals surface area (Å²) in [6.45, 7) is -0.340. The van der Waals surface area contributed by atoms with Gasteiger partial charge in [-0.15, -0.1) is 0 Å². The van der Waals surface area contributed by atoms with Crippen molar-refractivity contribution in [2.24, 2.45) is 0 Å². The highest BCUT2D eigenvalue weighted by atomic mass is 16.7. The van der Waals surface area contributed by atoms with Crippen LogP contribution in [0.15, 0.2) is 54.6 Å². The highest BCUT2D eigenvalue weighted by Crippen LogP contribution is 2.23. The Balaban J connectivity index is 1.55. The summed E-state index contributed by atoms with van der Waals surface area (Å²) in [6.07, 6.45) is -6.35. The second-order valence-electron chi connectivity index (χ2n) is 6.28. The molecule has 3 N–H and O–H groups in total. The fourth-order valence-corrected chi connectivity index (χ4v) is 2.84. The van der Waals surface area contributed by atoms with E-state index in [1.54, 1.807) is 24.3 Å². The van der Waals surface area contributed by atoms with Gasteiger partial charge in [-0.2, -0.15) is 0 Å². The lowest BCUT2D eigenvalue weighted by Gasteiger charge is -2.39. The SMILES string of the molecule is CO[C@@H]1[C@@H](O)[C@H](O)[C@@H](COC(=O)c2ccc(Oc3ccccc3)cc2)O[C@H]1O. The van der Waals surface area contributed by atoms with E-state index in [4.69, 9.17) is 18.9 Å². The topological polar surface area (TPSA) is 115 Å². The molecule has 150 valence electrons. The summed E-state index contributed by atoms with van der Waals surface area (Å²) in [5.74, 6) is 0.596. The van der Waals surface area contributed by atoms with Gasteiger partial charge in [-0.1, -0.05) is 18.2 Å². The molecule has 1 heterocycles. The molecule has 5 atom stereocenters. The summed E-state index contributed by atoms with van der Waals surface area (Å²) in [5.41, 5.74) is 0.279. The molecule has 0 amide bonds. The molecule has 0 spiro atoms. The predicted octanol–water partition coefficient (Wildman–Crippen LogP) is 1.09. The van der Waals surface area contributed by atoms with Gasteiger partial charge < -0.3 is 34.3 Å². The summed E-state index contributed by atoms with van der Waals surface area (Å²) in [6, 6.07) is 15.6. The largest absolute Gasteiger partial charge is 0.459 e. The van der Waals surface area contributed by atoms with Crippen molar-refractivity contribution in [1.82, 2.24) is 0 Å². The zero-order chi connectivity index (χ0) is 20.1. The lowest BCUT2D eigenvalue weighted by Crippen LogP contribution is -2.59. The number of hydrogen-bond donors (Lipinski definition) is 3. The van der Waals surface area contributed by atoms with Crippen LogP contribution in [0.5, 0.6) is 11.5 Å². The molecule has 2 aromatic carbocycles. The van der Waals surface area contributed by atoms with Gasteiger partial charge >= 0.3 is 5.97 Å². The number of hydrogen-bond acceptors (Lipinski definition) is 8. The zero-order valence-corrected chi connectivity index (χ0v) is 15.2. The summed E-state index contributed by atoms with van der Waals surface area (Å²) in [7, 11) is 1.28. The van der Waals surface area contributed by atoms with Gasteiger partial charge in [0.25, 0.3) is 0 Å². The summed E-state index contributed by atoms with van der Waals surface area (Å²) >= 11 is 0. The Hall–Kier alpha value is -2.49. The molecule has 0 saturated carbocycles. The van der Waals surface area contributed by atoms with E-state index in [0.717, 1.165) is 0 Å². The third-order valence-electron chi connectivity index (χ3n) is 4.38. The zero-order valence-electron chi connectivity index (χ0n) is 15.2. The van der Waals surface area contributed by atoms with Crippen molar-refractivity contribution in [3.63, 3.8) is 0 Å². The Bertz CT molecular complexity index is 764. The van der Waals surface area contributed by atoms with Gasteiger partial charge in [-0.25, -0.2) is 4.79 Å². The molecule has 0 aromatic heterocycles. The quantitative estimate of drug-likeness (QED) is 0.628. The normalized spacial score (nSPS) is 27.2. The third-order valence-corrected chi connectivity index (χ3v) is 4.38. The van der Waals surface area contributed by atoms with Crippen molar-refractivity contribution in [3.8, 4) is 11.5 Å². The maximum Gasteiger partial charge on any atom is 0.338 e. The molecule has 1 saturated heterocycles. The molecule has 1 aliphatic heterocycles. The molecular weight excluding hydrogens is 368 g/mol. The number of carbonyl (C=O) groups is 1. The number of esters is 1. The summed E-state index contributed by atoms with van der Waals surface area (Å²) < 4.78 is 20.8. The van der Waals surface area contributed by atoms with Gasteiger partial charge in [0.1, 0.15) is 42.5 Å². The number of methoxy groups -OCH3 is 1. The lowest BCUT2D eigenvalue weighted by molar-refractivity contribution is -0.291. The third kappa shape index (κ3) is 4.67. The monoisotopic (exact) mass is 390 g/mol. The van der Waals surface area contributed by atoms with Crippen LogP contribution in [-0.2, 0) is 14.2 Å². The van der Waals surface area contributed by atoms with Crippen LogP contribution < -0.4 is 4.74 Å². The van der Waals surface area contributed by atoms with Crippen molar-refractivity contribution < 1.29 is 39.1 Å². The van der Waals surface area contributed by atoms with Crippen LogP contribution in [0.25, 0.3) is 0 Å². The number of aliphatic hydroxyl groups excluding tert-OH is 3. The Morgan fingerprint density at radius 2 is 1.61 bits per heavy atom. The van der Waals surface area contributed by atoms with Crippen LogP contribution in [0.2, 0.25) is 0 Å². The molecule has 0 bridgehead atoms. The van der Waals surface area contributed by atoms with Crippen molar-refractivity contribution in [3.05, 3.63) is 60.2 Å². The Labute approximate surface area is 161 Å². The minimum absolute atomic E-state index is 0.279. The molecule has 28 heavy (non-hydrogen) atoms. The molecule has 0 radical (unpaired) electrons. The lowest BCUT2D eigenvalue weighted by atomic mass is 9.99. The van der Waals surface area contributed by atoms with Crippen LogP contribution in [0, 0.1) is 0 Å². The average Bonchev–Trinajstić information content (AvgIpc) is 2.71. The molecule has 3 rings (SSSR count). The van der Waals surface area contributed by atoms with Gasteiger partial charge in [-0.05, 0) is 36.4 Å². The molecule has 8 heteroatoms. The Kier molecular flexibility index (Phi) is 6.61.